The Bertz CT molecular complexity index is 766. The maximum atomic E-state index is 12.1. The summed E-state index contributed by atoms with van der Waals surface area (Å²) >= 11 is 0. The molecule has 0 atom stereocenters. The van der Waals surface area contributed by atoms with Crippen molar-refractivity contribution in [3.8, 4) is 0 Å². The first kappa shape index (κ1) is 16.1. The zero-order chi connectivity index (χ0) is 17.1. The number of amides is 1. The van der Waals surface area contributed by atoms with Gasteiger partial charge in [-0.1, -0.05) is 0 Å². The van der Waals surface area contributed by atoms with Crippen molar-refractivity contribution in [2.75, 3.05) is 0 Å². The Morgan fingerprint density at radius 1 is 1.17 bits per heavy atom. The highest BCUT2D eigenvalue weighted by Gasteiger charge is 2.19. The average molecular weight is 319 g/mol. The van der Waals surface area contributed by atoms with Crippen molar-refractivity contribution in [1.82, 2.24) is 15.1 Å². The van der Waals surface area contributed by atoms with Crippen LogP contribution in [0.5, 0.6) is 0 Å². The number of carbonyl (C=O) groups excluding carboxylic acids is 1. The van der Waals surface area contributed by atoms with Gasteiger partial charge in [0.15, 0.2) is 0 Å². The fourth-order valence-corrected chi connectivity index (χ4v) is 2.04. The van der Waals surface area contributed by atoms with E-state index in [1.165, 1.54) is 0 Å². The van der Waals surface area contributed by atoms with Gasteiger partial charge in [0.05, 0.1) is 39.4 Å². The summed E-state index contributed by atoms with van der Waals surface area (Å²) in [7, 11) is 1.71. The molecule has 1 amide bonds. The van der Waals surface area contributed by atoms with Crippen LogP contribution in [0.1, 0.15) is 21.7 Å². The molecule has 0 bridgehead atoms. The minimum Gasteiger partial charge on any atom is -0.346 e. The van der Waals surface area contributed by atoms with Gasteiger partial charge in [-0.3, -0.25) is 29.7 Å². The highest BCUT2D eigenvalue weighted by molar-refractivity contribution is 5.95. The van der Waals surface area contributed by atoms with Gasteiger partial charge in [0, 0.05) is 19.2 Å². The molecule has 0 spiro atoms. The minimum atomic E-state index is -0.783. The molecule has 1 aromatic carbocycles. The number of nitro groups is 2. The minimum absolute atomic E-state index is 0.145. The second kappa shape index (κ2) is 6.22. The third kappa shape index (κ3) is 3.67. The first-order chi connectivity index (χ1) is 10.8. The van der Waals surface area contributed by atoms with Gasteiger partial charge >= 0.3 is 0 Å². The summed E-state index contributed by atoms with van der Waals surface area (Å²) in [6, 6.07) is 4.57. The molecule has 1 aromatic heterocycles. The topological polar surface area (TPSA) is 133 Å². The monoisotopic (exact) mass is 319 g/mol. The molecule has 0 radical (unpaired) electrons. The molecule has 23 heavy (non-hydrogen) atoms. The van der Waals surface area contributed by atoms with Crippen LogP contribution < -0.4 is 5.32 Å². The van der Waals surface area contributed by atoms with Gasteiger partial charge in [0.2, 0.25) is 0 Å². The Morgan fingerprint density at radius 3 is 2.17 bits per heavy atom. The van der Waals surface area contributed by atoms with Crippen LogP contribution in [0, 0.1) is 27.2 Å². The molecule has 0 saturated carbocycles. The number of aromatic nitrogens is 2. The molecule has 1 N–H and O–H groups in total. The number of benzene rings is 1. The van der Waals surface area contributed by atoms with Crippen molar-refractivity contribution in [3.05, 3.63) is 61.4 Å². The number of carbonyl (C=O) groups is 1. The van der Waals surface area contributed by atoms with Crippen molar-refractivity contribution >= 4 is 17.3 Å². The van der Waals surface area contributed by atoms with Crippen molar-refractivity contribution in [3.63, 3.8) is 0 Å². The van der Waals surface area contributed by atoms with Gasteiger partial charge in [-0.15, -0.1) is 0 Å². The summed E-state index contributed by atoms with van der Waals surface area (Å²) in [6.07, 6.45) is 0. The Balaban J connectivity index is 2.22. The molecule has 1 heterocycles. The molecule has 0 aliphatic carbocycles. The molecular formula is C13H13N5O5. The lowest BCUT2D eigenvalue weighted by molar-refractivity contribution is -0.394. The van der Waals surface area contributed by atoms with E-state index in [2.05, 4.69) is 10.4 Å². The third-order valence-corrected chi connectivity index (χ3v) is 3.12. The lowest BCUT2D eigenvalue weighted by atomic mass is 10.1. The highest BCUT2D eigenvalue weighted by Crippen LogP contribution is 2.22. The summed E-state index contributed by atoms with van der Waals surface area (Å²) in [4.78, 5) is 32.2. The van der Waals surface area contributed by atoms with Gasteiger partial charge in [-0.25, -0.2) is 0 Å². The van der Waals surface area contributed by atoms with Crippen molar-refractivity contribution in [2.24, 2.45) is 7.05 Å². The number of nitrogens with one attached hydrogen (secondary N) is 1. The van der Waals surface area contributed by atoms with E-state index < -0.39 is 27.1 Å². The number of hydrogen-bond acceptors (Lipinski definition) is 6. The number of hydrogen-bond donors (Lipinski definition) is 1. The van der Waals surface area contributed by atoms with Crippen LogP contribution in [0.3, 0.4) is 0 Å². The van der Waals surface area contributed by atoms with Gasteiger partial charge in [-0.05, 0) is 13.0 Å². The summed E-state index contributed by atoms with van der Waals surface area (Å²) in [5.74, 6) is -0.643. The predicted octanol–water partition coefficient (Wildman–Crippen LogP) is 1.47. The van der Waals surface area contributed by atoms with E-state index in [1.54, 1.807) is 24.7 Å². The van der Waals surface area contributed by atoms with E-state index in [0.29, 0.717) is 0 Å². The SMILES string of the molecule is Cc1cc(CNC(=O)c2cc([N+](=O)[O-])cc([N+](=O)[O-])c2)n(C)n1. The van der Waals surface area contributed by atoms with Gasteiger partial charge in [0.1, 0.15) is 0 Å². The Morgan fingerprint density at radius 2 is 1.74 bits per heavy atom. The molecule has 0 saturated heterocycles. The summed E-state index contributed by atoms with van der Waals surface area (Å²) in [5.41, 5.74) is 0.338. The molecule has 0 fully saturated rings. The molecule has 10 heteroatoms. The van der Waals surface area contributed by atoms with Crippen molar-refractivity contribution < 1.29 is 14.6 Å². The van der Waals surface area contributed by atoms with Crippen molar-refractivity contribution in [2.45, 2.75) is 13.5 Å². The summed E-state index contributed by atoms with van der Waals surface area (Å²) in [6.45, 7) is 1.95. The molecule has 2 rings (SSSR count). The number of nitro benzene ring substituents is 2. The van der Waals surface area contributed by atoms with Gasteiger partial charge < -0.3 is 5.32 Å². The predicted molar refractivity (Wildman–Crippen MR) is 78.9 cm³/mol. The second-order valence-electron chi connectivity index (χ2n) is 4.84. The molecule has 0 aliphatic rings. The average Bonchev–Trinajstić information content (AvgIpc) is 2.82. The lowest BCUT2D eigenvalue weighted by Gasteiger charge is -2.05. The second-order valence-corrected chi connectivity index (χ2v) is 4.84. The van der Waals surface area contributed by atoms with Gasteiger partial charge in [0.25, 0.3) is 17.3 Å². The summed E-state index contributed by atoms with van der Waals surface area (Å²) in [5, 5.41) is 28.3. The van der Waals surface area contributed by atoms with Crippen LogP contribution in [-0.4, -0.2) is 25.5 Å². The number of nitrogens with zero attached hydrogens (tertiary/aromatic N) is 4. The van der Waals surface area contributed by atoms with E-state index in [0.717, 1.165) is 29.6 Å². The van der Waals surface area contributed by atoms with Crippen LogP contribution >= 0.6 is 0 Å². The molecule has 0 unspecified atom stereocenters. The van der Waals surface area contributed by atoms with Crippen LogP contribution in [0.15, 0.2) is 24.3 Å². The zero-order valence-electron chi connectivity index (χ0n) is 12.3. The first-order valence-electron chi connectivity index (χ1n) is 6.49. The van der Waals surface area contributed by atoms with Crippen LogP contribution in [0.25, 0.3) is 0 Å². The van der Waals surface area contributed by atoms with Crippen LogP contribution in [0.4, 0.5) is 11.4 Å². The molecule has 0 aliphatic heterocycles. The Hall–Kier alpha value is -3.30. The maximum Gasteiger partial charge on any atom is 0.277 e. The number of non-ortho nitro benzene ring substituents is 2. The van der Waals surface area contributed by atoms with Crippen LogP contribution in [0.2, 0.25) is 0 Å². The third-order valence-electron chi connectivity index (χ3n) is 3.12. The molecule has 2 aromatic rings. The van der Waals surface area contributed by atoms with E-state index in [9.17, 15) is 25.0 Å². The Labute approximate surface area is 130 Å². The highest BCUT2D eigenvalue weighted by atomic mass is 16.6. The van der Waals surface area contributed by atoms with Crippen LogP contribution in [-0.2, 0) is 13.6 Å². The smallest absolute Gasteiger partial charge is 0.277 e. The van der Waals surface area contributed by atoms with E-state index in [1.807, 2.05) is 0 Å². The van der Waals surface area contributed by atoms with E-state index in [-0.39, 0.29) is 12.1 Å². The fourth-order valence-electron chi connectivity index (χ4n) is 2.04. The van der Waals surface area contributed by atoms with E-state index in [4.69, 9.17) is 0 Å². The van der Waals surface area contributed by atoms with E-state index >= 15 is 0 Å². The first-order valence-corrected chi connectivity index (χ1v) is 6.49. The molecule has 10 nitrogen and oxygen atoms in total. The molecule has 120 valence electrons. The maximum absolute atomic E-state index is 12.1. The largest absolute Gasteiger partial charge is 0.346 e. The Kier molecular flexibility index (Phi) is 4.35. The van der Waals surface area contributed by atoms with Crippen molar-refractivity contribution in [1.29, 1.82) is 0 Å². The molecular weight excluding hydrogens is 306 g/mol. The fraction of sp³-hybridized carbons (Fsp3) is 0.231. The zero-order valence-corrected chi connectivity index (χ0v) is 12.3. The number of rotatable bonds is 5. The lowest BCUT2D eigenvalue weighted by Crippen LogP contribution is -2.24. The summed E-state index contributed by atoms with van der Waals surface area (Å²) < 4.78 is 1.59. The van der Waals surface area contributed by atoms with Gasteiger partial charge in [-0.2, -0.15) is 5.10 Å². The number of aryl methyl sites for hydroxylation is 2. The normalized spacial score (nSPS) is 10.3. The quantitative estimate of drug-likeness (QED) is 0.655. The standard InChI is InChI=1S/C13H13N5O5/c1-8-3-12(16(2)15-8)7-14-13(19)9-4-10(17(20)21)6-11(5-9)18(22)23/h3-6H,7H2,1-2H3,(H,14,19).